The standard InChI is InChI=1S/C14H9Cl2NO/c15-12-7-3-8-13(16)14(12)18-10-4-6-11-5-1-2-9-17-11/h1-3,5,7-9H,10H2. The van der Waals surface area contributed by atoms with Crippen LogP contribution < -0.4 is 4.74 Å². The molecule has 0 spiro atoms. The number of pyridine rings is 1. The van der Waals surface area contributed by atoms with Gasteiger partial charge in [-0.25, -0.2) is 4.98 Å². The molecule has 0 aliphatic carbocycles. The van der Waals surface area contributed by atoms with Crippen LogP contribution >= 0.6 is 23.2 Å². The van der Waals surface area contributed by atoms with Gasteiger partial charge in [0.15, 0.2) is 5.75 Å². The highest BCUT2D eigenvalue weighted by molar-refractivity contribution is 6.37. The fraction of sp³-hybridized carbons (Fsp3) is 0.0714. The van der Waals surface area contributed by atoms with Gasteiger partial charge in [0.2, 0.25) is 0 Å². The van der Waals surface area contributed by atoms with Crippen LogP contribution in [-0.2, 0) is 0 Å². The molecule has 90 valence electrons. The first-order chi connectivity index (χ1) is 8.77. The first kappa shape index (κ1) is 12.8. The van der Waals surface area contributed by atoms with Gasteiger partial charge in [-0.15, -0.1) is 0 Å². The van der Waals surface area contributed by atoms with E-state index in [1.165, 1.54) is 0 Å². The summed E-state index contributed by atoms with van der Waals surface area (Å²) in [5.41, 5.74) is 0.700. The lowest BCUT2D eigenvalue weighted by molar-refractivity contribution is 0.370. The molecule has 1 aromatic carbocycles. The van der Waals surface area contributed by atoms with Crippen LogP contribution in [0.25, 0.3) is 0 Å². The Labute approximate surface area is 116 Å². The third-order valence-corrected chi connectivity index (χ3v) is 2.68. The number of hydrogen-bond donors (Lipinski definition) is 0. The van der Waals surface area contributed by atoms with Gasteiger partial charge in [0.05, 0.1) is 10.0 Å². The number of para-hydroxylation sites is 1. The molecule has 0 atom stereocenters. The van der Waals surface area contributed by atoms with Crippen molar-refractivity contribution in [3.8, 4) is 17.6 Å². The molecule has 0 saturated carbocycles. The Balaban J connectivity index is 1.99. The summed E-state index contributed by atoms with van der Waals surface area (Å²) in [7, 11) is 0. The number of halogens is 2. The van der Waals surface area contributed by atoms with Gasteiger partial charge in [-0.05, 0) is 30.2 Å². The molecule has 0 saturated heterocycles. The third-order valence-electron chi connectivity index (χ3n) is 2.09. The Morgan fingerprint density at radius 3 is 2.50 bits per heavy atom. The van der Waals surface area contributed by atoms with Crippen LogP contribution in [-0.4, -0.2) is 11.6 Å². The van der Waals surface area contributed by atoms with E-state index >= 15 is 0 Å². The van der Waals surface area contributed by atoms with Crippen LogP contribution in [0, 0.1) is 11.8 Å². The summed E-state index contributed by atoms with van der Waals surface area (Å²) < 4.78 is 5.42. The minimum atomic E-state index is 0.208. The minimum absolute atomic E-state index is 0.208. The molecule has 0 N–H and O–H groups in total. The maximum atomic E-state index is 5.96. The van der Waals surface area contributed by atoms with Crippen molar-refractivity contribution in [2.45, 2.75) is 0 Å². The fourth-order valence-electron chi connectivity index (χ4n) is 1.29. The molecule has 1 heterocycles. The van der Waals surface area contributed by atoms with Gasteiger partial charge in [-0.1, -0.05) is 41.3 Å². The van der Waals surface area contributed by atoms with E-state index in [9.17, 15) is 0 Å². The molecule has 0 fully saturated rings. The van der Waals surface area contributed by atoms with Crippen LogP contribution in [0.3, 0.4) is 0 Å². The van der Waals surface area contributed by atoms with Crippen molar-refractivity contribution in [1.82, 2.24) is 4.98 Å². The summed E-state index contributed by atoms with van der Waals surface area (Å²) in [5, 5.41) is 0.948. The zero-order valence-corrected chi connectivity index (χ0v) is 10.9. The smallest absolute Gasteiger partial charge is 0.157 e. The zero-order valence-electron chi connectivity index (χ0n) is 9.36. The SMILES string of the molecule is Clc1cccc(Cl)c1OCC#Cc1ccccn1. The van der Waals surface area contributed by atoms with Gasteiger partial charge in [-0.3, -0.25) is 0 Å². The molecule has 0 aliphatic rings. The fourth-order valence-corrected chi connectivity index (χ4v) is 1.80. The average molecular weight is 278 g/mol. The van der Waals surface area contributed by atoms with E-state index in [4.69, 9.17) is 27.9 Å². The monoisotopic (exact) mass is 277 g/mol. The summed E-state index contributed by atoms with van der Waals surface area (Å²) in [6.45, 7) is 0.208. The molecule has 2 aromatic rings. The number of aromatic nitrogens is 1. The molecule has 0 bridgehead atoms. The highest BCUT2D eigenvalue weighted by Crippen LogP contribution is 2.32. The summed E-state index contributed by atoms with van der Waals surface area (Å²) in [5.74, 6) is 6.19. The van der Waals surface area contributed by atoms with Gasteiger partial charge in [0.25, 0.3) is 0 Å². The molecule has 0 amide bonds. The second-order valence-electron chi connectivity index (χ2n) is 3.36. The quantitative estimate of drug-likeness (QED) is 0.779. The van der Waals surface area contributed by atoms with Crippen molar-refractivity contribution >= 4 is 23.2 Å². The van der Waals surface area contributed by atoms with Crippen LogP contribution in [0.4, 0.5) is 0 Å². The van der Waals surface area contributed by atoms with Gasteiger partial charge < -0.3 is 4.74 Å². The Bertz CT molecular complexity index is 567. The zero-order chi connectivity index (χ0) is 12.8. The highest BCUT2D eigenvalue weighted by atomic mass is 35.5. The van der Waals surface area contributed by atoms with Crippen molar-refractivity contribution in [3.05, 3.63) is 58.3 Å². The summed E-state index contributed by atoms with van der Waals surface area (Å²) in [4.78, 5) is 4.08. The number of benzene rings is 1. The molecule has 4 heteroatoms. The Morgan fingerprint density at radius 2 is 1.83 bits per heavy atom. The Hall–Kier alpha value is -1.69. The molecule has 0 unspecified atom stereocenters. The molecule has 2 nitrogen and oxygen atoms in total. The van der Waals surface area contributed by atoms with Crippen LogP contribution in [0.5, 0.6) is 5.75 Å². The lowest BCUT2D eigenvalue weighted by atomic mass is 10.3. The van der Waals surface area contributed by atoms with E-state index in [1.807, 2.05) is 18.2 Å². The predicted molar refractivity (Wildman–Crippen MR) is 73.1 cm³/mol. The van der Waals surface area contributed by atoms with E-state index in [-0.39, 0.29) is 6.61 Å². The van der Waals surface area contributed by atoms with E-state index in [0.29, 0.717) is 21.5 Å². The second kappa shape index (κ2) is 6.30. The highest BCUT2D eigenvalue weighted by Gasteiger charge is 2.04. The van der Waals surface area contributed by atoms with E-state index < -0.39 is 0 Å². The van der Waals surface area contributed by atoms with Gasteiger partial charge in [-0.2, -0.15) is 0 Å². The van der Waals surface area contributed by atoms with Gasteiger partial charge in [0, 0.05) is 6.20 Å². The molecular formula is C14H9Cl2NO. The Kier molecular flexibility index (Phi) is 4.46. The number of hydrogen-bond acceptors (Lipinski definition) is 2. The number of nitrogens with zero attached hydrogens (tertiary/aromatic N) is 1. The van der Waals surface area contributed by atoms with Crippen molar-refractivity contribution < 1.29 is 4.74 Å². The van der Waals surface area contributed by atoms with E-state index in [0.717, 1.165) is 0 Å². The van der Waals surface area contributed by atoms with Crippen molar-refractivity contribution in [2.24, 2.45) is 0 Å². The first-order valence-corrected chi connectivity index (χ1v) is 5.99. The van der Waals surface area contributed by atoms with Gasteiger partial charge in [0.1, 0.15) is 12.3 Å². The lowest BCUT2D eigenvalue weighted by Crippen LogP contribution is -1.95. The third kappa shape index (κ3) is 3.40. The van der Waals surface area contributed by atoms with E-state index in [2.05, 4.69) is 16.8 Å². The van der Waals surface area contributed by atoms with Crippen LogP contribution in [0.1, 0.15) is 5.69 Å². The number of ether oxygens (including phenoxy) is 1. The maximum Gasteiger partial charge on any atom is 0.157 e. The summed E-state index contributed by atoms with van der Waals surface area (Å²) in [6.07, 6.45) is 1.69. The molecule has 0 aliphatic heterocycles. The average Bonchev–Trinajstić information content (AvgIpc) is 2.38. The maximum absolute atomic E-state index is 5.96. The largest absolute Gasteiger partial charge is 0.478 e. The second-order valence-corrected chi connectivity index (χ2v) is 4.17. The number of rotatable bonds is 2. The topological polar surface area (TPSA) is 22.1 Å². The molecule has 0 radical (unpaired) electrons. The summed E-state index contributed by atoms with van der Waals surface area (Å²) in [6, 6.07) is 10.7. The molecule has 18 heavy (non-hydrogen) atoms. The first-order valence-electron chi connectivity index (χ1n) is 5.24. The predicted octanol–water partition coefficient (Wildman–Crippen LogP) is 3.82. The lowest BCUT2D eigenvalue weighted by Gasteiger charge is -2.05. The normalized spacial score (nSPS) is 9.44. The van der Waals surface area contributed by atoms with Crippen LogP contribution in [0.2, 0.25) is 10.0 Å². The van der Waals surface area contributed by atoms with Crippen LogP contribution in [0.15, 0.2) is 42.6 Å². The molecule has 1 aromatic heterocycles. The molecular weight excluding hydrogens is 269 g/mol. The summed E-state index contributed by atoms with van der Waals surface area (Å²) >= 11 is 11.9. The van der Waals surface area contributed by atoms with Gasteiger partial charge >= 0.3 is 0 Å². The Morgan fingerprint density at radius 1 is 1.06 bits per heavy atom. The van der Waals surface area contributed by atoms with Crippen molar-refractivity contribution in [3.63, 3.8) is 0 Å². The van der Waals surface area contributed by atoms with Crippen molar-refractivity contribution in [1.29, 1.82) is 0 Å². The molecule has 2 rings (SSSR count). The van der Waals surface area contributed by atoms with Crippen molar-refractivity contribution in [2.75, 3.05) is 6.61 Å². The minimum Gasteiger partial charge on any atom is -0.478 e. The van der Waals surface area contributed by atoms with E-state index in [1.54, 1.807) is 24.4 Å².